The van der Waals surface area contributed by atoms with Gasteiger partial charge >= 0.3 is 0 Å². The van der Waals surface area contributed by atoms with Gasteiger partial charge in [0.25, 0.3) is 6.43 Å². The lowest BCUT2D eigenvalue weighted by molar-refractivity contribution is 0.147. The van der Waals surface area contributed by atoms with Crippen molar-refractivity contribution in [2.24, 2.45) is 0 Å². The maximum atomic E-state index is 12.6. The van der Waals surface area contributed by atoms with E-state index in [9.17, 15) is 8.78 Å². The van der Waals surface area contributed by atoms with Crippen LogP contribution >= 0.6 is 11.6 Å². The second kappa shape index (κ2) is 4.63. The number of nitrogen functional groups attached to an aromatic ring is 1. The predicted molar refractivity (Wildman–Crippen MR) is 61.8 cm³/mol. The maximum absolute atomic E-state index is 12.6. The molecule has 0 saturated heterocycles. The zero-order valence-corrected chi connectivity index (χ0v) is 9.33. The van der Waals surface area contributed by atoms with Gasteiger partial charge in [0, 0.05) is 10.6 Å². The summed E-state index contributed by atoms with van der Waals surface area (Å²) < 4.78 is 25.2. The van der Waals surface area contributed by atoms with Gasteiger partial charge in [-0.1, -0.05) is 23.7 Å². The van der Waals surface area contributed by atoms with Crippen molar-refractivity contribution >= 4 is 17.3 Å². The second-order valence-corrected chi connectivity index (χ2v) is 3.78. The van der Waals surface area contributed by atoms with Crippen LogP contribution in [0.15, 0.2) is 30.5 Å². The third-order valence-electron chi connectivity index (χ3n) is 2.14. The number of alkyl halides is 2. The van der Waals surface area contributed by atoms with Crippen molar-refractivity contribution in [3.05, 3.63) is 41.2 Å². The molecule has 6 heteroatoms. The standard InChI is InChI=1S/C11H8ClF2N3/c12-7-3-1-2-6(4-7)11-16-5-8(15)9(17-11)10(13)14/h1-5,10H,15H2. The van der Waals surface area contributed by atoms with Crippen molar-refractivity contribution in [3.8, 4) is 11.4 Å². The third-order valence-corrected chi connectivity index (χ3v) is 2.37. The molecule has 0 radical (unpaired) electrons. The number of rotatable bonds is 2. The van der Waals surface area contributed by atoms with Gasteiger partial charge in [-0.25, -0.2) is 18.7 Å². The fourth-order valence-corrected chi connectivity index (χ4v) is 1.54. The third kappa shape index (κ3) is 2.50. The van der Waals surface area contributed by atoms with Crippen LogP contribution in [-0.4, -0.2) is 9.97 Å². The van der Waals surface area contributed by atoms with E-state index in [1.807, 2.05) is 0 Å². The van der Waals surface area contributed by atoms with E-state index in [1.54, 1.807) is 24.3 Å². The summed E-state index contributed by atoms with van der Waals surface area (Å²) in [6, 6.07) is 6.66. The molecule has 2 N–H and O–H groups in total. The molecule has 0 atom stereocenters. The Morgan fingerprint density at radius 2 is 2.06 bits per heavy atom. The van der Waals surface area contributed by atoms with Crippen LogP contribution in [0.1, 0.15) is 12.1 Å². The Kier molecular flexibility index (Phi) is 3.19. The molecule has 0 bridgehead atoms. The molecular formula is C11H8ClF2N3. The molecule has 1 aromatic carbocycles. The molecule has 0 aliphatic rings. The average molecular weight is 256 g/mol. The van der Waals surface area contributed by atoms with E-state index in [0.29, 0.717) is 10.6 Å². The summed E-state index contributed by atoms with van der Waals surface area (Å²) in [5, 5.41) is 0.488. The van der Waals surface area contributed by atoms with Crippen molar-refractivity contribution < 1.29 is 8.78 Å². The Hall–Kier alpha value is -1.75. The molecule has 1 heterocycles. The van der Waals surface area contributed by atoms with Gasteiger partial charge in [-0.05, 0) is 12.1 Å². The molecule has 1 aromatic heterocycles. The van der Waals surface area contributed by atoms with Gasteiger partial charge < -0.3 is 5.73 Å². The number of nitrogens with two attached hydrogens (primary N) is 1. The maximum Gasteiger partial charge on any atom is 0.282 e. The van der Waals surface area contributed by atoms with Crippen LogP contribution in [0.4, 0.5) is 14.5 Å². The molecule has 0 spiro atoms. The van der Waals surface area contributed by atoms with E-state index in [2.05, 4.69) is 9.97 Å². The topological polar surface area (TPSA) is 51.8 Å². The zero-order valence-electron chi connectivity index (χ0n) is 8.57. The first kappa shape index (κ1) is 11.7. The summed E-state index contributed by atoms with van der Waals surface area (Å²) in [5.41, 5.74) is 5.35. The minimum Gasteiger partial charge on any atom is -0.396 e. The minimum atomic E-state index is -2.73. The summed E-state index contributed by atoms with van der Waals surface area (Å²) in [5.74, 6) is 0.178. The molecule has 0 aliphatic carbocycles. The highest BCUT2D eigenvalue weighted by molar-refractivity contribution is 6.30. The van der Waals surface area contributed by atoms with E-state index in [-0.39, 0.29) is 11.5 Å². The van der Waals surface area contributed by atoms with Crippen LogP contribution in [0, 0.1) is 0 Å². The lowest BCUT2D eigenvalue weighted by Gasteiger charge is -2.06. The van der Waals surface area contributed by atoms with Crippen LogP contribution < -0.4 is 5.73 Å². The summed E-state index contributed by atoms with van der Waals surface area (Å²) in [6.07, 6.45) is -1.55. The van der Waals surface area contributed by atoms with E-state index in [1.165, 1.54) is 6.20 Å². The first-order valence-corrected chi connectivity index (χ1v) is 5.12. The van der Waals surface area contributed by atoms with Crippen molar-refractivity contribution in [1.29, 1.82) is 0 Å². The second-order valence-electron chi connectivity index (χ2n) is 3.35. The largest absolute Gasteiger partial charge is 0.396 e. The van der Waals surface area contributed by atoms with E-state index in [0.717, 1.165) is 0 Å². The van der Waals surface area contributed by atoms with Gasteiger partial charge in [0.05, 0.1) is 11.9 Å². The Morgan fingerprint density at radius 1 is 1.29 bits per heavy atom. The van der Waals surface area contributed by atoms with E-state index in [4.69, 9.17) is 17.3 Å². The predicted octanol–water partition coefficient (Wildman–Crippen LogP) is 3.32. The summed E-state index contributed by atoms with van der Waals surface area (Å²) in [7, 11) is 0. The Morgan fingerprint density at radius 3 is 2.71 bits per heavy atom. The summed E-state index contributed by atoms with van der Waals surface area (Å²) >= 11 is 5.80. The molecule has 2 rings (SSSR count). The van der Waals surface area contributed by atoms with Crippen molar-refractivity contribution in [2.75, 3.05) is 5.73 Å². The smallest absolute Gasteiger partial charge is 0.282 e. The molecular weight excluding hydrogens is 248 g/mol. The Balaban J connectivity index is 2.50. The molecule has 2 aromatic rings. The van der Waals surface area contributed by atoms with E-state index >= 15 is 0 Å². The van der Waals surface area contributed by atoms with Crippen LogP contribution in [0.2, 0.25) is 5.02 Å². The molecule has 0 fully saturated rings. The fraction of sp³-hybridized carbons (Fsp3) is 0.0909. The van der Waals surface area contributed by atoms with Gasteiger partial charge in [0.15, 0.2) is 5.82 Å². The minimum absolute atomic E-state index is 0.120. The molecule has 0 aliphatic heterocycles. The number of nitrogens with zero attached hydrogens (tertiary/aromatic N) is 2. The van der Waals surface area contributed by atoms with Gasteiger partial charge in [-0.3, -0.25) is 0 Å². The highest BCUT2D eigenvalue weighted by atomic mass is 35.5. The number of benzene rings is 1. The number of anilines is 1. The van der Waals surface area contributed by atoms with Crippen LogP contribution in [0.3, 0.4) is 0 Å². The Labute approximate surface area is 101 Å². The first-order chi connectivity index (χ1) is 8.08. The summed E-state index contributed by atoms with van der Waals surface area (Å²) in [4.78, 5) is 7.64. The molecule has 0 amide bonds. The van der Waals surface area contributed by atoms with E-state index < -0.39 is 12.1 Å². The molecule has 17 heavy (non-hydrogen) atoms. The SMILES string of the molecule is Nc1cnc(-c2cccc(Cl)c2)nc1C(F)F. The first-order valence-electron chi connectivity index (χ1n) is 4.74. The van der Waals surface area contributed by atoms with Gasteiger partial charge in [-0.15, -0.1) is 0 Å². The lowest BCUT2D eigenvalue weighted by Crippen LogP contribution is -2.02. The van der Waals surface area contributed by atoms with Crippen molar-refractivity contribution in [2.45, 2.75) is 6.43 Å². The van der Waals surface area contributed by atoms with Crippen molar-refractivity contribution in [1.82, 2.24) is 9.97 Å². The number of halogens is 3. The van der Waals surface area contributed by atoms with Gasteiger partial charge in [0.2, 0.25) is 0 Å². The highest BCUT2D eigenvalue weighted by Gasteiger charge is 2.15. The number of hydrogen-bond acceptors (Lipinski definition) is 3. The van der Waals surface area contributed by atoms with Gasteiger partial charge in [0.1, 0.15) is 5.69 Å². The average Bonchev–Trinajstić information content (AvgIpc) is 2.29. The monoisotopic (exact) mass is 255 g/mol. The molecule has 0 saturated carbocycles. The van der Waals surface area contributed by atoms with Crippen molar-refractivity contribution in [3.63, 3.8) is 0 Å². The van der Waals surface area contributed by atoms with Crippen LogP contribution in [0.25, 0.3) is 11.4 Å². The van der Waals surface area contributed by atoms with Crippen LogP contribution in [0.5, 0.6) is 0 Å². The lowest BCUT2D eigenvalue weighted by atomic mass is 10.2. The summed E-state index contributed by atoms with van der Waals surface area (Å²) in [6.45, 7) is 0. The number of aromatic nitrogens is 2. The highest BCUT2D eigenvalue weighted by Crippen LogP contribution is 2.26. The molecule has 3 nitrogen and oxygen atoms in total. The fourth-order valence-electron chi connectivity index (χ4n) is 1.35. The normalized spacial score (nSPS) is 10.8. The Bertz CT molecular complexity index is 546. The molecule has 0 unspecified atom stereocenters. The quantitative estimate of drug-likeness (QED) is 0.896. The van der Waals surface area contributed by atoms with Crippen LogP contribution in [-0.2, 0) is 0 Å². The van der Waals surface area contributed by atoms with Gasteiger partial charge in [-0.2, -0.15) is 0 Å². The zero-order chi connectivity index (χ0) is 12.4. The molecule has 88 valence electrons. The number of hydrogen-bond donors (Lipinski definition) is 1.